The number of nitrogens with zero attached hydrogens (tertiary/aromatic N) is 1. The Morgan fingerprint density at radius 3 is 2.76 bits per heavy atom. The third-order valence-corrected chi connectivity index (χ3v) is 5.88. The number of rotatable bonds is 5. The van der Waals surface area contributed by atoms with Crippen molar-refractivity contribution in [2.24, 2.45) is 0 Å². The smallest absolute Gasteiger partial charge is 0.266 e. The van der Waals surface area contributed by atoms with Crippen LogP contribution in [0, 0.1) is 6.92 Å². The molecule has 4 rings (SSSR count). The third-order valence-electron chi connectivity index (χ3n) is 4.50. The van der Waals surface area contributed by atoms with Crippen molar-refractivity contribution in [2.45, 2.75) is 6.92 Å². The van der Waals surface area contributed by atoms with E-state index in [4.69, 9.17) is 21.7 Å². The van der Waals surface area contributed by atoms with Crippen LogP contribution in [0.5, 0.6) is 11.5 Å². The number of hydrogen-bond acceptors (Lipinski definition) is 6. The lowest BCUT2D eigenvalue weighted by molar-refractivity contribution is -0.122. The van der Waals surface area contributed by atoms with Crippen molar-refractivity contribution in [2.75, 3.05) is 19.9 Å². The summed E-state index contributed by atoms with van der Waals surface area (Å²) in [5.41, 5.74) is 2.51. The summed E-state index contributed by atoms with van der Waals surface area (Å²) in [5.74, 6) is 1.01. The molecule has 8 heteroatoms. The second kappa shape index (κ2) is 8.26. The summed E-state index contributed by atoms with van der Waals surface area (Å²) in [6.45, 7) is 2.81. The van der Waals surface area contributed by atoms with Gasteiger partial charge in [-0.1, -0.05) is 47.7 Å². The molecule has 2 aliphatic heterocycles. The summed E-state index contributed by atoms with van der Waals surface area (Å²) in [6, 6.07) is 12.8. The lowest BCUT2D eigenvalue weighted by atomic mass is 10.1. The lowest BCUT2D eigenvalue weighted by Gasteiger charge is -2.14. The molecule has 0 radical (unpaired) electrons. The zero-order valence-corrected chi connectivity index (χ0v) is 17.3. The Morgan fingerprint density at radius 1 is 1.21 bits per heavy atom. The molecule has 0 unspecified atom stereocenters. The third kappa shape index (κ3) is 4.28. The van der Waals surface area contributed by atoms with Gasteiger partial charge in [-0.3, -0.25) is 14.5 Å². The molecule has 0 atom stereocenters. The minimum atomic E-state index is -0.175. The fourth-order valence-electron chi connectivity index (χ4n) is 2.94. The highest BCUT2D eigenvalue weighted by molar-refractivity contribution is 8.26. The summed E-state index contributed by atoms with van der Waals surface area (Å²) in [6.07, 6.45) is 1.78. The standard InChI is InChI=1S/C21H18N2O4S2/c1-13-2-5-15(6-3-13)19(24)22-8-9-23-20(25)18(29-21(23)28)11-14-4-7-16-17(10-14)27-12-26-16/h2-7,10-11H,8-9,12H2,1H3,(H,22,24)/b18-11+. The monoisotopic (exact) mass is 426 g/mol. The molecule has 0 aromatic heterocycles. The van der Waals surface area contributed by atoms with Gasteiger partial charge < -0.3 is 14.8 Å². The minimum Gasteiger partial charge on any atom is -0.454 e. The van der Waals surface area contributed by atoms with E-state index in [1.54, 1.807) is 18.2 Å². The van der Waals surface area contributed by atoms with E-state index in [1.807, 2.05) is 37.3 Å². The van der Waals surface area contributed by atoms with E-state index in [0.717, 1.165) is 11.1 Å². The summed E-state index contributed by atoms with van der Waals surface area (Å²) < 4.78 is 11.2. The van der Waals surface area contributed by atoms with E-state index in [2.05, 4.69) is 5.32 Å². The number of nitrogens with one attached hydrogen (secondary N) is 1. The van der Waals surface area contributed by atoms with Gasteiger partial charge in [-0.25, -0.2) is 0 Å². The number of fused-ring (bicyclic) bond motifs is 1. The van der Waals surface area contributed by atoms with E-state index in [9.17, 15) is 9.59 Å². The van der Waals surface area contributed by atoms with E-state index in [0.29, 0.717) is 39.4 Å². The number of thiocarbonyl (C=S) groups is 1. The zero-order chi connectivity index (χ0) is 20.4. The fraction of sp³-hybridized carbons (Fsp3) is 0.190. The Bertz CT molecular complexity index is 1020. The molecule has 2 amide bonds. The predicted octanol–water partition coefficient (Wildman–Crippen LogP) is 3.35. The Balaban J connectivity index is 1.37. The highest BCUT2D eigenvalue weighted by Crippen LogP contribution is 2.36. The Hall–Kier alpha value is -2.84. The van der Waals surface area contributed by atoms with Crippen molar-refractivity contribution in [1.82, 2.24) is 10.2 Å². The number of amides is 2. The molecule has 1 fully saturated rings. The van der Waals surface area contributed by atoms with Gasteiger partial charge in [-0.2, -0.15) is 0 Å². The first kappa shape index (κ1) is 19.5. The number of aryl methyl sites for hydroxylation is 1. The van der Waals surface area contributed by atoms with Gasteiger partial charge in [0.2, 0.25) is 6.79 Å². The first-order valence-corrected chi connectivity index (χ1v) is 10.2. The number of carbonyl (C=O) groups excluding carboxylic acids is 2. The van der Waals surface area contributed by atoms with Crippen LogP contribution in [-0.2, 0) is 4.79 Å². The molecule has 0 saturated carbocycles. The van der Waals surface area contributed by atoms with E-state index in [-0.39, 0.29) is 18.6 Å². The molecule has 1 saturated heterocycles. The normalized spacial score (nSPS) is 16.6. The molecule has 2 aromatic carbocycles. The van der Waals surface area contributed by atoms with E-state index >= 15 is 0 Å². The minimum absolute atomic E-state index is 0.165. The lowest BCUT2D eigenvalue weighted by Crippen LogP contribution is -2.37. The summed E-state index contributed by atoms with van der Waals surface area (Å²) >= 11 is 6.60. The van der Waals surface area contributed by atoms with Crippen LogP contribution in [0.25, 0.3) is 6.08 Å². The van der Waals surface area contributed by atoms with Crippen LogP contribution in [-0.4, -0.2) is 40.9 Å². The van der Waals surface area contributed by atoms with Gasteiger partial charge in [-0.05, 0) is 42.8 Å². The van der Waals surface area contributed by atoms with Gasteiger partial charge in [0.1, 0.15) is 4.32 Å². The molecule has 2 heterocycles. The number of ether oxygens (including phenoxy) is 2. The molecular weight excluding hydrogens is 408 g/mol. The van der Waals surface area contributed by atoms with Gasteiger partial charge in [-0.15, -0.1) is 0 Å². The zero-order valence-electron chi connectivity index (χ0n) is 15.6. The van der Waals surface area contributed by atoms with Crippen LogP contribution in [0.4, 0.5) is 0 Å². The maximum atomic E-state index is 12.7. The van der Waals surface area contributed by atoms with Gasteiger partial charge in [0, 0.05) is 18.7 Å². The molecule has 0 bridgehead atoms. The number of carbonyl (C=O) groups is 2. The Morgan fingerprint density at radius 2 is 1.97 bits per heavy atom. The summed E-state index contributed by atoms with van der Waals surface area (Å²) in [4.78, 5) is 27.0. The second-order valence-corrected chi connectivity index (χ2v) is 8.24. The van der Waals surface area contributed by atoms with Crippen LogP contribution in [0.2, 0.25) is 0 Å². The quantitative estimate of drug-likeness (QED) is 0.584. The SMILES string of the molecule is Cc1ccc(C(=O)NCCN2C(=O)/C(=C\c3ccc4c(c3)OCO4)SC2=S)cc1. The van der Waals surface area contributed by atoms with Crippen LogP contribution in [0.1, 0.15) is 21.5 Å². The van der Waals surface area contributed by atoms with Gasteiger partial charge in [0.25, 0.3) is 11.8 Å². The van der Waals surface area contributed by atoms with Gasteiger partial charge >= 0.3 is 0 Å². The first-order chi connectivity index (χ1) is 14.0. The first-order valence-electron chi connectivity index (χ1n) is 9.01. The largest absolute Gasteiger partial charge is 0.454 e. The second-order valence-electron chi connectivity index (χ2n) is 6.57. The fourth-order valence-corrected chi connectivity index (χ4v) is 4.24. The average molecular weight is 427 g/mol. The molecule has 2 aromatic rings. The van der Waals surface area contributed by atoms with Crippen molar-refractivity contribution in [3.63, 3.8) is 0 Å². The summed E-state index contributed by atoms with van der Waals surface area (Å²) in [7, 11) is 0. The highest BCUT2D eigenvalue weighted by Gasteiger charge is 2.31. The number of benzene rings is 2. The Kier molecular flexibility index (Phi) is 5.55. The van der Waals surface area contributed by atoms with Crippen molar-refractivity contribution in [3.05, 3.63) is 64.1 Å². The predicted molar refractivity (Wildman–Crippen MR) is 116 cm³/mol. The molecule has 0 aliphatic carbocycles. The van der Waals surface area contributed by atoms with E-state index in [1.165, 1.54) is 16.7 Å². The molecule has 6 nitrogen and oxygen atoms in total. The topological polar surface area (TPSA) is 67.9 Å². The molecule has 1 N–H and O–H groups in total. The van der Waals surface area contributed by atoms with Crippen molar-refractivity contribution < 1.29 is 19.1 Å². The molecule has 0 spiro atoms. The van der Waals surface area contributed by atoms with Crippen molar-refractivity contribution in [3.8, 4) is 11.5 Å². The highest BCUT2D eigenvalue weighted by atomic mass is 32.2. The number of thioether (sulfide) groups is 1. The van der Waals surface area contributed by atoms with Crippen LogP contribution < -0.4 is 14.8 Å². The number of hydrogen-bond donors (Lipinski definition) is 1. The maximum Gasteiger partial charge on any atom is 0.266 e. The van der Waals surface area contributed by atoms with Gasteiger partial charge in [0.15, 0.2) is 11.5 Å². The summed E-state index contributed by atoms with van der Waals surface area (Å²) in [5, 5.41) is 2.83. The molecule has 29 heavy (non-hydrogen) atoms. The van der Waals surface area contributed by atoms with Crippen LogP contribution in [0.3, 0.4) is 0 Å². The van der Waals surface area contributed by atoms with Gasteiger partial charge in [0.05, 0.1) is 4.91 Å². The van der Waals surface area contributed by atoms with E-state index < -0.39 is 0 Å². The average Bonchev–Trinajstić information content (AvgIpc) is 3.27. The Labute approximate surface area is 177 Å². The maximum absolute atomic E-state index is 12.7. The van der Waals surface area contributed by atoms with Crippen LogP contribution >= 0.6 is 24.0 Å². The molecule has 2 aliphatic rings. The van der Waals surface area contributed by atoms with Crippen LogP contribution in [0.15, 0.2) is 47.4 Å². The van der Waals surface area contributed by atoms with Crippen molar-refractivity contribution >= 4 is 46.2 Å². The van der Waals surface area contributed by atoms with Crippen molar-refractivity contribution in [1.29, 1.82) is 0 Å². The molecule has 148 valence electrons. The molecular formula is C21H18N2O4S2.